The lowest BCUT2D eigenvalue weighted by molar-refractivity contribution is -0.126. The van der Waals surface area contributed by atoms with Gasteiger partial charge in [0, 0.05) is 11.5 Å². The van der Waals surface area contributed by atoms with Gasteiger partial charge in [-0.3, -0.25) is 4.79 Å². The molecule has 0 bridgehead atoms. The minimum Gasteiger partial charge on any atom is -0.352 e. The molecular weight excluding hydrogens is 246 g/mol. The zero-order chi connectivity index (χ0) is 13.7. The van der Waals surface area contributed by atoms with E-state index in [1.54, 1.807) is 0 Å². The van der Waals surface area contributed by atoms with Crippen molar-refractivity contribution in [3.63, 3.8) is 0 Å². The molecule has 0 aromatic heterocycles. The molecule has 0 radical (unpaired) electrons. The van der Waals surface area contributed by atoms with Crippen molar-refractivity contribution in [2.75, 3.05) is 0 Å². The van der Waals surface area contributed by atoms with E-state index in [-0.39, 0.29) is 17.4 Å². The molecule has 2 aliphatic rings. The predicted molar refractivity (Wildman–Crippen MR) is 80.6 cm³/mol. The molecule has 0 unspecified atom stereocenters. The van der Waals surface area contributed by atoms with Crippen LogP contribution in [0.2, 0.25) is 0 Å². The molecule has 0 spiro atoms. The molecular formula is C18H19NO. The van der Waals surface area contributed by atoms with Gasteiger partial charge in [-0.15, -0.1) is 0 Å². The number of amides is 1. The first-order chi connectivity index (χ1) is 9.66. The molecule has 0 heterocycles. The Morgan fingerprint density at radius 2 is 1.70 bits per heavy atom. The summed E-state index contributed by atoms with van der Waals surface area (Å²) in [6.45, 7) is 2.07. The minimum atomic E-state index is -0.0804. The minimum absolute atomic E-state index is 0.0804. The molecule has 1 saturated carbocycles. The molecule has 2 nitrogen and oxygen atoms in total. The maximum atomic E-state index is 12.2. The monoisotopic (exact) mass is 265 g/mol. The van der Waals surface area contributed by atoms with Crippen molar-refractivity contribution in [2.45, 2.75) is 38.6 Å². The van der Waals surface area contributed by atoms with Crippen LogP contribution in [0.4, 0.5) is 0 Å². The molecule has 2 aromatic carbocycles. The zero-order valence-corrected chi connectivity index (χ0v) is 11.8. The first-order valence-electron chi connectivity index (χ1n) is 7.46. The molecule has 0 atom stereocenters. The predicted octanol–water partition coefficient (Wildman–Crippen LogP) is 3.22. The van der Waals surface area contributed by atoms with E-state index >= 15 is 0 Å². The second-order valence-corrected chi connectivity index (χ2v) is 6.57. The Morgan fingerprint density at radius 1 is 1.10 bits per heavy atom. The van der Waals surface area contributed by atoms with E-state index in [1.807, 2.05) is 0 Å². The van der Waals surface area contributed by atoms with E-state index in [1.165, 1.54) is 21.9 Å². The van der Waals surface area contributed by atoms with E-state index in [0.29, 0.717) is 0 Å². The SMILES string of the molecule is CC1(C(=O)NC2Cc3cccc4cccc(c34)C2)CC1. The van der Waals surface area contributed by atoms with E-state index < -0.39 is 0 Å². The maximum Gasteiger partial charge on any atom is 0.226 e. The van der Waals surface area contributed by atoms with Gasteiger partial charge in [0.05, 0.1) is 0 Å². The highest BCUT2D eigenvalue weighted by Crippen LogP contribution is 2.45. The number of rotatable bonds is 2. The lowest BCUT2D eigenvalue weighted by Crippen LogP contribution is -2.42. The van der Waals surface area contributed by atoms with Crippen LogP contribution < -0.4 is 5.32 Å². The fraction of sp³-hybridized carbons (Fsp3) is 0.389. The largest absolute Gasteiger partial charge is 0.352 e. The molecule has 1 fully saturated rings. The average molecular weight is 265 g/mol. The summed E-state index contributed by atoms with van der Waals surface area (Å²) < 4.78 is 0. The molecule has 20 heavy (non-hydrogen) atoms. The molecule has 2 aliphatic carbocycles. The number of benzene rings is 2. The van der Waals surface area contributed by atoms with Crippen LogP contribution in [0, 0.1) is 5.41 Å². The Balaban J connectivity index is 1.64. The summed E-state index contributed by atoms with van der Waals surface area (Å²) in [6, 6.07) is 13.2. The molecule has 2 aromatic rings. The molecule has 4 rings (SSSR count). The van der Waals surface area contributed by atoms with Gasteiger partial charge < -0.3 is 5.32 Å². The molecule has 0 saturated heterocycles. The van der Waals surface area contributed by atoms with Gasteiger partial charge in [0.25, 0.3) is 0 Å². The topological polar surface area (TPSA) is 29.1 Å². The van der Waals surface area contributed by atoms with Gasteiger partial charge in [0.2, 0.25) is 5.91 Å². The standard InChI is InChI=1S/C18H19NO/c1-18(8-9-18)17(20)19-15-10-13-6-2-4-12-5-3-7-14(11-15)16(12)13/h2-7,15H,8-11H2,1H3,(H,19,20). The smallest absolute Gasteiger partial charge is 0.226 e. The summed E-state index contributed by atoms with van der Waals surface area (Å²) in [5.41, 5.74) is 2.66. The molecule has 2 heteroatoms. The second kappa shape index (κ2) is 4.08. The molecule has 102 valence electrons. The first kappa shape index (κ1) is 12.0. The van der Waals surface area contributed by atoms with Gasteiger partial charge in [0.15, 0.2) is 0 Å². The summed E-state index contributed by atoms with van der Waals surface area (Å²) in [5.74, 6) is 0.244. The Bertz CT molecular complexity index is 659. The lowest BCUT2D eigenvalue weighted by atomic mass is 9.85. The summed E-state index contributed by atoms with van der Waals surface area (Å²) in [4.78, 5) is 12.2. The fourth-order valence-electron chi connectivity index (χ4n) is 3.32. The van der Waals surface area contributed by atoms with Gasteiger partial charge in [0.1, 0.15) is 0 Å². The Morgan fingerprint density at radius 3 is 2.25 bits per heavy atom. The first-order valence-corrected chi connectivity index (χ1v) is 7.46. The Labute approximate surface area is 119 Å². The number of carbonyl (C=O) groups is 1. The van der Waals surface area contributed by atoms with Gasteiger partial charge >= 0.3 is 0 Å². The van der Waals surface area contributed by atoms with Crippen LogP contribution in [0.1, 0.15) is 30.9 Å². The van der Waals surface area contributed by atoms with Crippen LogP contribution in [0.25, 0.3) is 10.8 Å². The number of hydrogen-bond acceptors (Lipinski definition) is 1. The van der Waals surface area contributed by atoms with Gasteiger partial charge in [-0.25, -0.2) is 0 Å². The van der Waals surface area contributed by atoms with Crippen molar-refractivity contribution in [1.82, 2.24) is 5.32 Å². The normalized spacial score (nSPS) is 19.9. The number of carbonyl (C=O) groups excluding carboxylic acids is 1. The van der Waals surface area contributed by atoms with Crippen LogP contribution in [0.5, 0.6) is 0 Å². The third-order valence-electron chi connectivity index (χ3n) is 4.89. The van der Waals surface area contributed by atoms with Crippen molar-refractivity contribution >= 4 is 16.7 Å². The van der Waals surface area contributed by atoms with E-state index in [0.717, 1.165) is 25.7 Å². The van der Waals surface area contributed by atoms with Crippen LogP contribution >= 0.6 is 0 Å². The summed E-state index contributed by atoms with van der Waals surface area (Å²) in [6.07, 6.45) is 3.99. The van der Waals surface area contributed by atoms with Crippen LogP contribution in [0.3, 0.4) is 0 Å². The van der Waals surface area contributed by atoms with Crippen molar-refractivity contribution in [3.05, 3.63) is 47.5 Å². The van der Waals surface area contributed by atoms with Crippen molar-refractivity contribution in [1.29, 1.82) is 0 Å². The van der Waals surface area contributed by atoms with Crippen molar-refractivity contribution in [3.8, 4) is 0 Å². The van der Waals surface area contributed by atoms with Gasteiger partial charge in [-0.1, -0.05) is 43.3 Å². The second-order valence-electron chi connectivity index (χ2n) is 6.57. The van der Waals surface area contributed by atoms with E-state index in [4.69, 9.17) is 0 Å². The molecule has 0 aliphatic heterocycles. The fourth-order valence-corrected chi connectivity index (χ4v) is 3.32. The molecule has 1 N–H and O–H groups in total. The van der Waals surface area contributed by atoms with Crippen molar-refractivity contribution in [2.24, 2.45) is 5.41 Å². The van der Waals surface area contributed by atoms with E-state index in [9.17, 15) is 4.79 Å². The highest BCUT2D eigenvalue weighted by atomic mass is 16.2. The van der Waals surface area contributed by atoms with Gasteiger partial charge in [-0.05, 0) is 47.6 Å². The van der Waals surface area contributed by atoms with Crippen molar-refractivity contribution < 1.29 is 4.79 Å². The van der Waals surface area contributed by atoms with Crippen LogP contribution in [0.15, 0.2) is 36.4 Å². The highest BCUT2D eigenvalue weighted by Gasteiger charge is 2.45. The molecule has 1 amide bonds. The average Bonchev–Trinajstić information content (AvgIpc) is 3.19. The third-order valence-corrected chi connectivity index (χ3v) is 4.89. The summed E-state index contributed by atoms with van der Waals surface area (Å²) >= 11 is 0. The highest BCUT2D eigenvalue weighted by molar-refractivity contribution is 5.90. The summed E-state index contributed by atoms with van der Waals surface area (Å²) in [7, 11) is 0. The summed E-state index contributed by atoms with van der Waals surface area (Å²) in [5, 5.41) is 5.99. The maximum absolute atomic E-state index is 12.2. The van der Waals surface area contributed by atoms with Crippen LogP contribution in [-0.2, 0) is 17.6 Å². The zero-order valence-electron chi connectivity index (χ0n) is 11.8. The van der Waals surface area contributed by atoms with Gasteiger partial charge in [-0.2, -0.15) is 0 Å². The Hall–Kier alpha value is -1.83. The quantitative estimate of drug-likeness (QED) is 0.887. The number of hydrogen-bond donors (Lipinski definition) is 1. The number of nitrogens with one attached hydrogen (secondary N) is 1. The van der Waals surface area contributed by atoms with Crippen LogP contribution in [-0.4, -0.2) is 11.9 Å². The third kappa shape index (κ3) is 1.82. The van der Waals surface area contributed by atoms with E-state index in [2.05, 4.69) is 48.6 Å². The Kier molecular flexibility index (Phi) is 2.44. The lowest BCUT2D eigenvalue weighted by Gasteiger charge is -2.27.